The van der Waals surface area contributed by atoms with Crippen LogP contribution in [0.5, 0.6) is 0 Å². The van der Waals surface area contributed by atoms with Crippen molar-refractivity contribution in [1.29, 1.82) is 0 Å². The normalized spacial score (nSPS) is 14.0. The lowest BCUT2D eigenvalue weighted by Crippen LogP contribution is -2.28. The third kappa shape index (κ3) is 3.43. The Kier molecular flexibility index (Phi) is 4.65. The lowest BCUT2D eigenvalue weighted by Gasteiger charge is -2.21. The van der Waals surface area contributed by atoms with Crippen LogP contribution in [0, 0.1) is 6.92 Å². The zero-order valence-corrected chi connectivity index (χ0v) is 13.4. The highest BCUT2D eigenvalue weighted by Crippen LogP contribution is 2.20. The average molecular weight is 313 g/mol. The Morgan fingerprint density at radius 2 is 2.45 bits per heavy atom. The van der Waals surface area contributed by atoms with Gasteiger partial charge < -0.3 is 10.6 Å². The number of aryl methyl sites for hydroxylation is 1. The summed E-state index contributed by atoms with van der Waals surface area (Å²) < 4.78 is 0. The van der Waals surface area contributed by atoms with Crippen LogP contribution >= 0.6 is 11.3 Å². The van der Waals surface area contributed by atoms with Gasteiger partial charge in [0.25, 0.3) is 0 Å². The van der Waals surface area contributed by atoms with Crippen LogP contribution in [-0.2, 0) is 24.3 Å². The van der Waals surface area contributed by atoms with E-state index >= 15 is 0 Å². The summed E-state index contributed by atoms with van der Waals surface area (Å²) in [5, 5.41) is 8.32. The Balaban J connectivity index is 1.67. The van der Waals surface area contributed by atoms with Gasteiger partial charge in [0, 0.05) is 35.9 Å². The molecule has 0 bridgehead atoms. The first-order valence-electron chi connectivity index (χ1n) is 7.40. The van der Waals surface area contributed by atoms with Crippen molar-refractivity contribution in [3.8, 4) is 0 Å². The molecule has 1 amide bonds. The van der Waals surface area contributed by atoms with Gasteiger partial charge in [0.15, 0.2) is 0 Å². The second kappa shape index (κ2) is 6.85. The zero-order valence-electron chi connectivity index (χ0n) is 12.6. The molecule has 0 saturated heterocycles. The number of amides is 1. The largest absolute Gasteiger partial charge is 0.348 e. The number of hydrogen-bond donors (Lipinski definition) is 2. The standard InChI is InChI=1S/C17H19N3OS/c1-12-16(15-6-7-18-9-13(15)10-19-12)11-20-17(21)5-4-14-3-2-8-22-14/h2-5,8,10,18H,6-7,9,11H2,1H3,(H,20,21). The van der Waals surface area contributed by atoms with E-state index in [2.05, 4.69) is 15.6 Å². The van der Waals surface area contributed by atoms with E-state index in [0.717, 1.165) is 35.6 Å². The molecule has 1 aliphatic heterocycles. The van der Waals surface area contributed by atoms with Crippen LogP contribution in [0.15, 0.2) is 29.8 Å². The van der Waals surface area contributed by atoms with E-state index in [1.165, 1.54) is 11.1 Å². The topological polar surface area (TPSA) is 54.0 Å². The van der Waals surface area contributed by atoms with Crippen LogP contribution in [0.25, 0.3) is 6.08 Å². The molecule has 0 aromatic carbocycles. The molecule has 1 aliphatic rings. The maximum atomic E-state index is 12.0. The van der Waals surface area contributed by atoms with Crippen molar-refractivity contribution in [3.63, 3.8) is 0 Å². The Hall–Kier alpha value is -1.98. The summed E-state index contributed by atoms with van der Waals surface area (Å²) in [4.78, 5) is 17.5. The molecular formula is C17H19N3OS. The summed E-state index contributed by atoms with van der Waals surface area (Å²) in [6, 6.07) is 3.96. The highest BCUT2D eigenvalue weighted by Gasteiger charge is 2.15. The fourth-order valence-electron chi connectivity index (χ4n) is 2.66. The molecular weight excluding hydrogens is 294 g/mol. The summed E-state index contributed by atoms with van der Waals surface area (Å²) in [5.74, 6) is -0.0701. The minimum absolute atomic E-state index is 0.0701. The molecule has 0 aliphatic carbocycles. The summed E-state index contributed by atoms with van der Waals surface area (Å²) >= 11 is 1.62. The molecule has 0 spiro atoms. The van der Waals surface area contributed by atoms with Gasteiger partial charge in [-0.25, -0.2) is 0 Å². The van der Waals surface area contributed by atoms with E-state index in [0.29, 0.717) is 6.54 Å². The fourth-order valence-corrected chi connectivity index (χ4v) is 3.27. The molecule has 2 aromatic heterocycles. The molecule has 3 rings (SSSR count). The number of carbonyl (C=O) groups is 1. The third-order valence-corrected chi connectivity index (χ3v) is 4.69. The summed E-state index contributed by atoms with van der Waals surface area (Å²) in [6.07, 6.45) is 6.37. The molecule has 5 heteroatoms. The molecule has 0 unspecified atom stereocenters. The van der Waals surface area contributed by atoms with Crippen LogP contribution in [0.3, 0.4) is 0 Å². The SMILES string of the molecule is Cc1ncc2c(c1CNC(=O)C=Cc1cccs1)CCNC2. The van der Waals surface area contributed by atoms with Gasteiger partial charge in [0.2, 0.25) is 5.91 Å². The highest BCUT2D eigenvalue weighted by atomic mass is 32.1. The molecule has 0 radical (unpaired) electrons. The van der Waals surface area contributed by atoms with Gasteiger partial charge in [0.1, 0.15) is 0 Å². The molecule has 22 heavy (non-hydrogen) atoms. The van der Waals surface area contributed by atoms with Crippen molar-refractivity contribution in [2.45, 2.75) is 26.4 Å². The Bertz CT molecular complexity index is 692. The van der Waals surface area contributed by atoms with E-state index in [4.69, 9.17) is 0 Å². The predicted molar refractivity (Wildman–Crippen MR) is 89.6 cm³/mol. The molecule has 3 heterocycles. The number of nitrogens with one attached hydrogen (secondary N) is 2. The zero-order chi connectivity index (χ0) is 15.4. The lowest BCUT2D eigenvalue weighted by atomic mass is 9.96. The Morgan fingerprint density at radius 3 is 3.27 bits per heavy atom. The average Bonchev–Trinajstić information content (AvgIpc) is 3.05. The van der Waals surface area contributed by atoms with Crippen LogP contribution in [0.4, 0.5) is 0 Å². The molecule has 4 nitrogen and oxygen atoms in total. The number of aromatic nitrogens is 1. The predicted octanol–water partition coefficient (Wildman–Crippen LogP) is 2.43. The lowest BCUT2D eigenvalue weighted by molar-refractivity contribution is -0.116. The first-order valence-corrected chi connectivity index (χ1v) is 8.28. The number of pyridine rings is 1. The van der Waals surface area contributed by atoms with Crippen molar-refractivity contribution in [2.24, 2.45) is 0 Å². The van der Waals surface area contributed by atoms with Crippen molar-refractivity contribution in [1.82, 2.24) is 15.6 Å². The molecule has 114 valence electrons. The number of fused-ring (bicyclic) bond motifs is 1. The fraction of sp³-hybridized carbons (Fsp3) is 0.294. The van der Waals surface area contributed by atoms with Crippen LogP contribution in [0.2, 0.25) is 0 Å². The third-order valence-electron chi connectivity index (χ3n) is 3.85. The second-order valence-corrected chi connectivity index (χ2v) is 6.30. The van der Waals surface area contributed by atoms with E-state index in [1.54, 1.807) is 17.4 Å². The smallest absolute Gasteiger partial charge is 0.244 e. The highest BCUT2D eigenvalue weighted by molar-refractivity contribution is 7.10. The Labute approximate surface area is 134 Å². The maximum Gasteiger partial charge on any atom is 0.244 e. The molecule has 0 fully saturated rings. The van der Waals surface area contributed by atoms with E-state index in [1.807, 2.05) is 36.7 Å². The van der Waals surface area contributed by atoms with Gasteiger partial charge in [-0.05, 0) is 54.1 Å². The van der Waals surface area contributed by atoms with Crippen molar-refractivity contribution in [3.05, 3.63) is 57.0 Å². The molecule has 0 saturated carbocycles. The van der Waals surface area contributed by atoms with Gasteiger partial charge >= 0.3 is 0 Å². The van der Waals surface area contributed by atoms with Crippen molar-refractivity contribution < 1.29 is 4.79 Å². The first kappa shape index (κ1) is 14.9. The summed E-state index contributed by atoms with van der Waals surface area (Å²) in [6.45, 7) is 4.39. The second-order valence-electron chi connectivity index (χ2n) is 5.32. The van der Waals surface area contributed by atoms with Gasteiger partial charge in [0.05, 0.1) is 0 Å². The number of hydrogen-bond acceptors (Lipinski definition) is 4. The van der Waals surface area contributed by atoms with Crippen LogP contribution in [0.1, 0.15) is 27.3 Å². The Morgan fingerprint density at radius 1 is 1.55 bits per heavy atom. The first-order chi connectivity index (χ1) is 10.7. The number of carbonyl (C=O) groups excluding carboxylic acids is 1. The number of nitrogens with zero attached hydrogens (tertiary/aromatic N) is 1. The van der Waals surface area contributed by atoms with Crippen molar-refractivity contribution >= 4 is 23.3 Å². The monoisotopic (exact) mass is 313 g/mol. The van der Waals surface area contributed by atoms with Crippen molar-refractivity contribution in [2.75, 3.05) is 6.54 Å². The molecule has 0 atom stereocenters. The maximum absolute atomic E-state index is 12.0. The summed E-state index contributed by atoms with van der Waals surface area (Å²) in [7, 11) is 0. The van der Waals surface area contributed by atoms with Gasteiger partial charge in [-0.2, -0.15) is 0 Å². The van der Waals surface area contributed by atoms with Gasteiger partial charge in [-0.1, -0.05) is 6.07 Å². The van der Waals surface area contributed by atoms with E-state index in [9.17, 15) is 4.79 Å². The quantitative estimate of drug-likeness (QED) is 0.853. The minimum Gasteiger partial charge on any atom is -0.348 e. The molecule has 2 N–H and O–H groups in total. The minimum atomic E-state index is -0.0701. The summed E-state index contributed by atoms with van der Waals surface area (Å²) in [5.41, 5.74) is 4.75. The van der Waals surface area contributed by atoms with Crippen LogP contribution in [-0.4, -0.2) is 17.4 Å². The van der Waals surface area contributed by atoms with Crippen LogP contribution < -0.4 is 10.6 Å². The molecule has 2 aromatic rings. The number of thiophene rings is 1. The van der Waals surface area contributed by atoms with Gasteiger partial charge in [-0.15, -0.1) is 11.3 Å². The van der Waals surface area contributed by atoms with Gasteiger partial charge in [-0.3, -0.25) is 9.78 Å². The van der Waals surface area contributed by atoms with E-state index in [-0.39, 0.29) is 5.91 Å². The number of rotatable bonds is 4. The van der Waals surface area contributed by atoms with E-state index < -0.39 is 0 Å².